The zero-order valence-electron chi connectivity index (χ0n) is 8.96. The van der Waals surface area contributed by atoms with Gasteiger partial charge in [0.15, 0.2) is 0 Å². The second kappa shape index (κ2) is 7.34. The standard InChI is InChI=1S/C11H12BrF2NO2/c12-8-1-3-9(4-2-8)15-11(16)5-6-17-7-10(13)14/h1-4,10H,5-7H2,(H,15,16). The van der Waals surface area contributed by atoms with Crippen molar-refractivity contribution in [2.75, 3.05) is 18.5 Å². The van der Waals surface area contributed by atoms with Gasteiger partial charge in [-0.25, -0.2) is 8.78 Å². The van der Waals surface area contributed by atoms with Crippen LogP contribution in [0.3, 0.4) is 0 Å². The number of amides is 1. The van der Waals surface area contributed by atoms with Gasteiger partial charge in [-0.2, -0.15) is 0 Å². The number of benzene rings is 1. The molecule has 0 saturated heterocycles. The van der Waals surface area contributed by atoms with Crippen LogP contribution in [-0.2, 0) is 9.53 Å². The van der Waals surface area contributed by atoms with Crippen LogP contribution < -0.4 is 5.32 Å². The predicted octanol–water partition coefficient (Wildman–Crippen LogP) is 3.06. The van der Waals surface area contributed by atoms with Gasteiger partial charge in [-0.15, -0.1) is 0 Å². The second-order valence-corrected chi connectivity index (χ2v) is 4.19. The quantitative estimate of drug-likeness (QED) is 0.820. The van der Waals surface area contributed by atoms with Crippen molar-refractivity contribution in [2.45, 2.75) is 12.8 Å². The highest BCUT2D eigenvalue weighted by atomic mass is 79.9. The molecule has 0 unspecified atom stereocenters. The third-order valence-electron chi connectivity index (χ3n) is 1.85. The summed E-state index contributed by atoms with van der Waals surface area (Å²) in [6, 6.07) is 7.07. The van der Waals surface area contributed by atoms with Crippen LogP contribution in [0.25, 0.3) is 0 Å². The average molecular weight is 308 g/mol. The molecule has 17 heavy (non-hydrogen) atoms. The van der Waals surface area contributed by atoms with Gasteiger partial charge in [-0.05, 0) is 24.3 Å². The van der Waals surface area contributed by atoms with Crippen molar-refractivity contribution in [3.8, 4) is 0 Å². The maximum atomic E-state index is 11.7. The summed E-state index contributed by atoms with van der Waals surface area (Å²) in [5.41, 5.74) is 0.659. The largest absolute Gasteiger partial charge is 0.375 e. The van der Waals surface area contributed by atoms with E-state index in [-0.39, 0.29) is 18.9 Å². The molecule has 1 N–H and O–H groups in total. The van der Waals surface area contributed by atoms with E-state index in [0.717, 1.165) is 4.47 Å². The van der Waals surface area contributed by atoms with Crippen LogP contribution in [-0.4, -0.2) is 25.5 Å². The van der Waals surface area contributed by atoms with Gasteiger partial charge in [-0.3, -0.25) is 4.79 Å². The molecular weight excluding hydrogens is 296 g/mol. The molecule has 0 aliphatic heterocycles. The molecule has 0 aliphatic rings. The Balaban J connectivity index is 2.23. The molecule has 3 nitrogen and oxygen atoms in total. The fourth-order valence-corrected chi connectivity index (χ4v) is 1.36. The van der Waals surface area contributed by atoms with Crippen molar-refractivity contribution in [2.24, 2.45) is 0 Å². The van der Waals surface area contributed by atoms with Gasteiger partial charge in [0.25, 0.3) is 6.43 Å². The van der Waals surface area contributed by atoms with Crippen LogP contribution in [0, 0.1) is 0 Å². The summed E-state index contributed by atoms with van der Waals surface area (Å²) in [7, 11) is 0. The van der Waals surface area contributed by atoms with Crippen molar-refractivity contribution >= 4 is 27.5 Å². The minimum Gasteiger partial charge on any atom is -0.375 e. The summed E-state index contributed by atoms with van der Waals surface area (Å²) in [6.07, 6.45) is -2.44. The third kappa shape index (κ3) is 6.33. The van der Waals surface area contributed by atoms with Crippen molar-refractivity contribution < 1.29 is 18.3 Å². The second-order valence-electron chi connectivity index (χ2n) is 3.27. The predicted molar refractivity (Wildman–Crippen MR) is 64.2 cm³/mol. The minimum atomic E-state index is -2.50. The van der Waals surface area contributed by atoms with Crippen LogP contribution in [0.5, 0.6) is 0 Å². The van der Waals surface area contributed by atoms with Crippen LogP contribution in [0.15, 0.2) is 28.7 Å². The number of carbonyl (C=O) groups is 1. The lowest BCUT2D eigenvalue weighted by Gasteiger charge is -2.06. The highest BCUT2D eigenvalue weighted by molar-refractivity contribution is 9.10. The molecular formula is C11H12BrF2NO2. The summed E-state index contributed by atoms with van der Waals surface area (Å²) in [5, 5.41) is 2.63. The number of ether oxygens (including phenoxy) is 1. The monoisotopic (exact) mass is 307 g/mol. The molecule has 0 bridgehead atoms. The highest BCUT2D eigenvalue weighted by Crippen LogP contribution is 2.14. The zero-order chi connectivity index (χ0) is 12.7. The molecule has 0 radical (unpaired) electrons. The Kier molecular flexibility index (Phi) is 6.07. The fraction of sp³-hybridized carbons (Fsp3) is 0.364. The summed E-state index contributed by atoms with van der Waals surface area (Å²) >= 11 is 3.27. The first-order valence-corrected chi connectivity index (χ1v) is 5.78. The van der Waals surface area contributed by atoms with Crippen molar-refractivity contribution in [3.63, 3.8) is 0 Å². The number of halogens is 3. The van der Waals surface area contributed by atoms with E-state index >= 15 is 0 Å². The summed E-state index contributed by atoms with van der Waals surface area (Å²) in [4.78, 5) is 11.4. The smallest absolute Gasteiger partial charge is 0.261 e. The fourth-order valence-electron chi connectivity index (χ4n) is 1.09. The first-order chi connectivity index (χ1) is 8.08. The van der Waals surface area contributed by atoms with Crippen molar-refractivity contribution in [1.82, 2.24) is 0 Å². The lowest BCUT2D eigenvalue weighted by molar-refractivity contribution is -0.117. The molecule has 1 amide bonds. The van der Waals surface area contributed by atoms with Gasteiger partial charge in [0.1, 0.15) is 6.61 Å². The Bertz CT molecular complexity index is 357. The number of hydrogen-bond acceptors (Lipinski definition) is 2. The SMILES string of the molecule is O=C(CCOCC(F)F)Nc1ccc(Br)cc1. The number of rotatable bonds is 6. The maximum absolute atomic E-state index is 11.7. The molecule has 0 spiro atoms. The van der Waals surface area contributed by atoms with E-state index in [1.807, 2.05) is 0 Å². The summed E-state index contributed by atoms with van der Waals surface area (Å²) in [6.45, 7) is -0.641. The molecule has 0 heterocycles. The van der Waals surface area contributed by atoms with E-state index in [2.05, 4.69) is 26.0 Å². The van der Waals surface area contributed by atoms with E-state index in [1.54, 1.807) is 24.3 Å². The molecule has 1 rings (SSSR count). The molecule has 0 atom stereocenters. The zero-order valence-corrected chi connectivity index (χ0v) is 10.5. The topological polar surface area (TPSA) is 38.3 Å². The van der Waals surface area contributed by atoms with Crippen LogP contribution in [0.4, 0.5) is 14.5 Å². The minimum absolute atomic E-state index is 0.00724. The lowest BCUT2D eigenvalue weighted by atomic mass is 10.3. The molecule has 0 aliphatic carbocycles. The summed E-state index contributed by atoms with van der Waals surface area (Å²) < 4.78 is 28.9. The number of alkyl halides is 2. The van der Waals surface area contributed by atoms with Gasteiger partial charge in [-0.1, -0.05) is 15.9 Å². The van der Waals surface area contributed by atoms with Gasteiger partial charge in [0.2, 0.25) is 5.91 Å². The summed E-state index contributed by atoms with van der Waals surface area (Å²) in [5.74, 6) is -0.262. The Hall–Kier alpha value is -1.01. The maximum Gasteiger partial charge on any atom is 0.261 e. The number of anilines is 1. The third-order valence-corrected chi connectivity index (χ3v) is 2.37. The number of carbonyl (C=O) groups excluding carboxylic acids is 1. The number of hydrogen-bond donors (Lipinski definition) is 1. The average Bonchev–Trinajstić information content (AvgIpc) is 2.27. The molecule has 94 valence electrons. The van der Waals surface area contributed by atoms with E-state index in [0.29, 0.717) is 5.69 Å². The first kappa shape index (κ1) is 14.1. The van der Waals surface area contributed by atoms with Gasteiger partial charge in [0.05, 0.1) is 13.0 Å². The molecule has 0 saturated carbocycles. The van der Waals surface area contributed by atoms with Crippen molar-refractivity contribution in [1.29, 1.82) is 0 Å². The van der Waals surface area contributed by atoms with Crippen molar-refractivity contribution in [3.05, 3.63) is 28.7 Å². The van der Waals surface area contributed by atoms with Crippen LogP contribution in [0.1, 0.15) is 6.42 Å². The normalized spacial score (nSPS) is 10.6. The van der Waals surface area contributed by atoms with E-state index < -0.39 is 13.0 Å². The van der Waals surface area contributed by atoms with E-state index in [9.17, 15) is 13.6 Å². The molecule has 0 fully saturated rings. The van der Waals surface area contributed by atoms with Crippen LogP contribution in [0.2, 0.25) is 0 Å². The Morgan fingerprint density at radius 1 is 1.35 bits per heavy atom. The molecule has 1 aromatic carbocycles. The first-order valence-electron chi connectivity index (χ1n) is 4.99. The Labute approximate surface area is 106 Å². The van der Waals surface area contributed by atoms with E-state index in [1.165, 1.54) is 0 Å². The van der Waals surface area contributed by atoms with Gasteiger partial charge >= 0.3 is 0 Å². The Morgan fingerprint density at radius 3 is 2.59 bits per heavy atom. The molecule has 0 aromatic heterocycles. The molecule has 1 aromatic rings. The highest BCUT2D eigenvalue weighted by Gasteiger charge is 2.05. The van der Waals surface area contributed by atoms with Gasteiger partial charge < -0.3 is 10.1 Å². The van der Waals surface area contributed by atoms with E-state index in [4.69, 9.17) is 0 Å². The lowest BCUT2D eigenvalue weighted by Crippen LogP contribution is -2.15. The Morgan fingerprint density at radius 2 is 2.00 bits per heavy atom. The van der Waals surface area contributed by atoms with Crippen LogP contribution >= 0.6 is 15.9 Å². The van der Waals surface area contributed by atoms with Gasteiger partial charge in [0, 0.05) is 10.2 Å². The number of nitrogens with one attached hydrogen (secondary N) is 1. The molecule has 6 heteroatoms.